The van der Waals surface area contributed by atoms with Gasteiger partial charge in [-0.3, -0.25) is 19.7 Å². The molecule has 3 amide bonds. The van der Waals surface area contributed by atoms with Gasteiger partial charge in [-0.1, -0.05) is 84.9 Å². The Balaban J connectivity index is 0.826. The second-order valence-electron chi connectivity index (χ2n) is 16.1. The van der Waals surface area contributed by atoms with Crippen molar-refractivity contribution in [3.05, 3.63) is 154 Å². The first-order chi connectivity index (χ1) is 30.5. The Morgan fingerprint density at radius 1 is 0.857 bits per heavy atom. The number of rotatable bonds is 16. The van der Waals surface area contributed by atoms with Crippen molar-refractivity contribution < 1.29 is 29.3 Å². The van der Waals surface area contributed by atoms with E-state index in [9.17, 15) is 29.4 Å². The summed E-state index contributed by atoms with van der Waals surface area (Å²) in [6, 6.07) is 38.7. The lowest BCUT2D eigenvalue weighted by molar-refractivity contribution is -0.118. The third kappa shape index (κ3) is 12.0. The number of ether oxygens (including phenoxy) is 1. The summed E-state index contributed by atoms with van der Waals surface area (Å²) in [6.45, 7) is 4.28. The maximum Gasteiger partial charge on any atom is 0.411 e. The quantitative estimate of drug-likeness (QED) is 0.0580. The molecule has 1 aromatic heterocycles. The number of amides is 3. The third-order valence-corrected chi connectivity index (χ3v) is 11.4. The van der Waals surface area contributed by atoms with Crippen LogP contribution in [0.2, 0.25) is 0 Å². The predicted octanol–water partition coefficient (Wildman–Crippen LogP) is 7.40. The van der Waals surface area contributed by atoms with Crippen LogP contribution in [0.25, 0.3) is 22.0 Å². The number of phenols is 1. The molecule has 0 saturated carbocycles. The molecule has 5 aromatic carbocycles. The van der Waals surface area contributed by atoms with Gasteiger partial charge in [0.2, 0.25) is 17.4 Å². The number of aromatic amines is 1. The summed E-state index contributed by atoms with van der Waals surface area (Å²) >= 11 is 0. The number of aromatic nitrogens is 1. The second-order valence-corrected chi connectivity index (χ2v) is 16.1. The van der Waals surface area contributed by atoms with E-state index < -0.39 is 12.2 Å². The Morgan fingerprint density at radius 3 is 2.41 bits per heavy atom. The van der Waals surface area contributed by atoms with E-state index in [1.54, 1.807) is 36.2 Å². The van der Waals surface area contributed by atoms with E-state index in [0.29, 0.717) is 73.3 Å². The summed E-state index contributed by atoms with van der Waals surface area (Å²) in [5.41, 5.74) is 6.32. The first-order valence-electron chi connectivity index (χ1n) is 21.3. The molecule has 0 spiro atoms. The number of piperidine rings is 1. The number of pyridine rings is 1. The van der Waals surface area contributed by atoms with Crippen LogP contribution in [0.5, 0.6) is 5.75 Å². The zero-order valence-electron chi connectivity index (χ0n) is 35.6. The molecule has 1 fully saturated rings. The van der Waals surface area contributed by atoms with Crippen LogP contribution in [0.15, 0.2) is 132 Å². The van der Waals surface area contributed by atoms with Gasteiger partial charge in [-0.15, -0.1) is 0 Å². The number of nitrogens with zero attached hydrogens (tertiary/aromatic N) is 2. The fourth-order valence-corrected chi connectivity index (χ4v) is 8.02. The van der Waals surface area contributed by atoms with Gasteiger partial charge in [-0.2, -0.15) is 0 Å². The minimum atomic E-state index is -0.873. The largest absolute Gasteiger partial charge is 0.506 e. The molecule has 1 aliphatic rings. The molecule has 0 radical (unpaired) electrons. The van der Waals surface area contributed by atoms with Crippen molar-refractivity contribution in [2.45, 2.75) is 57.3 Å². The van der Waals surface area contributed by atoms with E-state index in [-0.39, 0.29) is 53.8 Å². The molecule has 2 atom stereocenters. The number of para-hydroxylation sites is 1. The third-order valence-electron chi connectivity index (χ3n) is 11.4. The molecule has 13 heteroatoms. The Labute approximate surface area is 366 Å². The van der Waals surface area contributed by atoms with Gasteiger partial charge in [-0.25, -0.2) is 4.79 Å². The smallest absolute Gasteiger partial charge is 0.411 e. The molecule has 6 aromatic rings. The SMILES string of the molecule is CC(Cc1cccc(CC(=O)Nc2cccc(N(C)C(=O)CCN3CCC(OC(=O)Nc4ccccc4-c4ccccc4)CC3)c2)c1)NCC(O)c1ccc(O)c2[nH]c(=O)ccc12. The maximum absolute atomic E-state index is 13.3. The van der Waals surface area contributed by atoms with E-state index in [1.807, 2.05) is 97.9 Å². The monoisotopic (exact) mass is 850 g/mol. The number of aromatic hydroxyl groups is 1. The number of fused-ring (bicyclic) bond motifs is 1. The number of phenolic OH excluding ortho intramolecular Hbond substituents is 1. The molecule has 13 nitrogen and oxygen atoms in total. The number of benzene rings is 5. The molecule has 63 heavy (non-hydrogen) atoms. The first-order valence-corrected chi connectivity index (χ1v) is 21.3. The highest BCUT2D eigenvalue weighted by Gasteiger charge is 2.24. The zero-order valence-corrected chi connectivity index (χ0v) is 35.6. The molecule has 7 rings (SSSR count). The fourth-order valence-electron chi connectivity index (χ4n) is 8.02. The van der Waals surface area contributed by atoms with Gasteiger partial charge in [0.1, 0.15) is 11.9 Å². The van der Waals surface area contributed by atoms with E-state index in [0.717, 1.165) is 22.3 Å². The Bertz CT molecular complexity index is 2590. The number of H-pyrrole nitrogens is 1. The van der Waals surface area contributed by atoms with E-state index >= 15 is 0 Å². The van der Waals surface area contributed by atoms with E-state index in [1.165, 1.54) is 12.1 Å². The lowest BCUT2D eigenvalue weighted by atomic mass is 10.0. The van der Waals surface area contributed by atoms with Crippen molar-refractivity contribution in [2.24, 2.45) is 0 Å². The Kier molecular flexibility index (Phi) is 14.6. The van der Waals surface area contributed by atoms with Crippen molar-refractivity contribution in [3.63, 3.8) is 0 Å². The van der Waals surface area contributed by atoms with Gasteiger partial charge in [-0.05, 0) is 84.8 Å². The number of nitrogens with one attached hydrogen (secondary N) is 4. The van der Waals surface area contributed by atoms with Crippen molar-refractivity contribution in [1.29, 1.82) is 0 Å². The first kappa shape index (κ1) is 44.3. The van der Waals surface area contributed by atoms with Crippen molar-refractivity contribution in [1.82, 2.24) is 15.2 Å². The van der Waals surface area contributed by atoms with E-state index in [2.05, 4.69) is 25.8 Å². The molecule has 2 heterocycles. The van der Waals surface area contributed by atoms with Crippen LogP contribution in [0, 0.1) is 0 Å². The van der Waals surface area contributed by atoms with Crippen LogP contribution in [-0.4, -0.2) is 83.4 Å². The highest BCUT2D eigenvalue weighted by atomic mass is 16.6. The second kappa shape index (κ2) is 20.8. The predicted molar refractivity (Wildman–Crippen MR) is 247 cm³/mol. The van der Waals surface area contributed by atoms with Crippen molar-refractivity contribution in [3.8, 4) is 16.9 Å². The summed E-state index contributed by atoms with van der Waals surface area (Å²) in [6.07, 6.45) is 0.941. The highest BCUT2D eigenvalue weighted by Crippen LogP contribution is 2.30. The number of carbonyl (C=O) groups is 3. The summed E-state index contributed by atoms with van der Waals surface area (Å²) in [4.78, 5) is 57.5. The van der Waals surface area contributed by atoms with Crippen LogP contribution >= 0.6 is 0 Å². The Hall–Kier alpha value is -6.80. The van der Waals surface area contributed by atoms with E-state index in [4.69, 9.17) is 4.74 Å². The molecule has 326 valence electrons. The summed E-state index contributed by atoms with van der Waals surface area (Å²) in [5.74, 6) is -0.289. The van der Waals surface area contributed by atoms with Crippen LogP contribution in [-0.2, 0) is 27.2 Å². The van der Waals surface area contributed by atoms with Crippen molar-refractivity contribution in [2.75, 3.05) is 48.8 Å². The summed E-state index contributed by atoms with van der Waals surface area (Å²) in [5, 5.41) is 31.0. The molecular weight excluding hydrogens is 797 g/mol. The molecule has 2 unspecified atom stereocenters. The van der Waals surface area contributed by atoms with Gasteiger partial charge in [0, 0.05) is 74.1 Å². The van der Waals surface area contributed by atoms with Gasteiger partial charge in [0.15, 0.2) is 0 Å². The number of aliphatic hydroxyl groups excluding tert-OH is 1. The number of hydrogen-bond donors (Lipinski definition) is 6. The standard InChI is InChI=1S/C50H54N6O7/c1-33(51-32-45(58)41-18-20-44(57)49-42(41)19-21-46(59)54-49)28-34-10-8-11-35(29-34)30-47(60)52-37-14-9-15-38(31-37)55(2)48(61)24-27-56-25-22-39(23-26-56)63-50(62)53-43-17-7-6-16-40(43)36-12-4-3-5-13-36/h3-21,29,31,33,39,45,51,57-58H,22-28,30,32H2,1-2H3,(H,52,60)(H,53,62)(H,54,59). The number of carbonyl (C=O) groups excluding carboxylic acids is 3. The average Bonchev–Trinajstić information content (AvgIpc) is 3.28. The maximum atomic E-state index is 13.3. The minimum Gasteiger partial charge on any atom is -0.506 e. The van der Waals surface area contributed by atoms with Crippen LogP contribution in [0.3, 0.4) is 0 Å². The zero-order chi connectivity index (χ0) is 44.3. The number of anilines is 3. The van der Waals surface area contributed by atoms with Gasteiger partial charge in [0.25, 0.3) is 0 Å². The van der Waals surface area contributed by atoms with Crippen molar-refractivity contribution >= 4 is 45.9 Å². The van der Waals surface area contributed by atoms with Crippen LogP contribution in [0.1, 0.15) is 49.0 Å². The molecule has 6 N–H and O–H groups in total. The van der Waals surface area contributed by atoms with Gasteiger partial charge >= 0.3 is 6.09 Å². The number of likely N-dealkylation sites (tertiary alicyclic amines) is 1. The van der Waals surface area contributed by atoms with Crippen LogP contribution < -0.4 is 26.4 Å². The minimum absolute atomic E-state index is 0.00346. The lowest BCUT2D eigenvalue weighted by Crippen LogP contribution is -2.40. The average molecular weight is 851 g/mol. The number of aliphatic hydroxyl groups is 1. The molecule has 0 bridgehead atoms. The number of hydrogen-bond acceptors (Lipinski definition) is 9. The fraction of sp³-hybridized carbons (Fsp3) is 0.280. The highest BCUT2D eigenvalue weighted by molar-refractivity contribution is 5.96. The normalized spacial score (nSPS) is 14.1. The van der Waals surface area contributed by atoms with Gasteiger partial charge in [0.05, 0.1) is 23.7 Å². The van der Waals surface area contributed by atoms with Gasteiger partial charge < -0.3 is 40.4 Å². The molecule has 1 saturated heterocycles. The summed E-state index contributed by atoms with van der Waals surface area (Å²) < 4.78 is 5.78. The molecular formula is C50H54N6O7. The Morgan fingerprint density at radius 2 is 1.60 bits per heavy atom. The van der Waals surface area contributed by atoms with Crippen LogP contribution in [0.4, 0.5) is 21.9 Å². The topological polar surface area (TPSA) is 176 Å². The summed E-state index contributed by atoms with van der Waals surface area (Å²) in [7, 11) is 1.73. The molecule has 0 aliphatic carbocycles. The molecule has 1 aliphatic heterocycles. The lowest BCUT2D eigenvalue weighted by Gasteiger charge is -2.31.